The highest BCUT2D eigenvalue weighted by molar-refractivity contribution is 6.30. The van der Waals surface area contributed by atoms with Gasteiger partial charge in [-0.1, -0.05) is 35.9 Å². The van der Waals surface area contributed by atoms with Gasteiger partial charge in [-0.2, -0.15) is 13.2 Å². The van der Waals surface area contributed by atoms with E-state index in [4.69, 9.17) is 21.1 Å². The Balaban J connectivity index is 1.50. The van der Waals surface area contributed by atoms with Crippen LogP contribution in [-0.4, -0.2) is 60.4 Å². The first kappa shape index (κ1) is 30.5. The predicted octanol–water partition coefficient (Wildman–Crippen LogP) is 4.07. The first-order valence-electron chi connectivity index (χ1n) is 13.1. The van der Waals surface area contributed by atoms with E-state index in [-0.39, 0.29) is 26.2 Å². The standard InChI is InChI=1S/C28H33ClF3N5O4/c1-34(2)13-14-36-25(38)23-24(35(3)27(36)39)33-26(37(23)18-20-7-9-21(29)10-8-20)41-16-15-40-22-6-4-5-19(17-22)11-12-28(30,31)32/h4-10,17,26,33H,11-16,18H2,1-3H3. The lowest BCUT2D eigenvalue weighted by molar-refractivity contribution is -0.134. The minimum atomic E-state index is -4.23. The number of rotatable bonds is 12. The minimum Gasteiger partial charge on any atom is -0.491 e. The van der Waals surface area contributed by atoms with E-state index in [1.807, 2.05) is 31.1 Å². The van der Waals surface area contributed by atoms with Crippen molar-refractivity contribution in [2.45, 2.75) is 38.5 Å². The second kappa shape index (κ2) is 13.0. The molecule has 1 aromatic heterocycles. The van der Waals surface area contributed by atoms with E-state index >= 15 is 0 Å². The number of aryl methyl sites for hydroxylation is 1. The van der Waals surface area contributed by atoms with Crippen molar-refractivity contribution in [2.75, 3.05) is 44.1 Å². The molecule has 9 nitrogen and oxygen atoms in total. The van der Waals surface area contributed by atoms with Crippen LogP contribution in [0.2, 0.25) is 5.02 Å². The maximum Gasteiger partial charge on any atom is 0.389 e. The molecule has 3 aromatic rings. The SMILES string of the molecule is CN(C)CCn1c(=O)c2c(n(C)c1=O)NC(OCCOc1cccc(CCC(F)(F)F)c1)N2Cc1ccc(Cl)cc1. The number of hydrogen-bond donors (Lipinski definition) is 1. The summed E-state index contributed by atoms with van der Waals surface area (Å²) in [5.74, 6) is 0.776. The highest BCUT2D eigenvalue weighted by Crippen LogP contribution is 2.32. The molecule has 0 spiro atoms. The topological polar surface area (TPSA) is 81.0 Å². The molecular weight excluding hydrogens is 563 g/mol. The molecule has 0 saturated heterocycles. The number of benzene rings is 2. The molecule has 222 valence electrons. The molecule has 0 bridgehead atoms. The van der Waals surface area contributed by atoms with Crippen molar-refractivity contribution in [2.24, 2.45) is 7.05 Å². The normalized spacial score (nSPS) is 14.8. The Hall–Kier alpha value is -3.48. The van der Waals surface area contributed by atoms with E-state index in [0.717, 1.165) is 5.56 Å². The van der Waals surface area contributed by atoms with E-state index in [0.29, 0.717) is 40.9 Å². The minimum absolute atomic E-state index is 0.0956. The van der Waals surface area contributed by atoms with Gasteiger partial charge in [-0.3, -0.25) is 13.9 Å². The van der Waals surface area contributed by atoms with Crippen LogP contribution in [0, 0.1) is 0 Å². The molecule has 4 rings (SSSR count). The molecule has 13 heteroatoms. The fourth-order valence-electron chi connectivity index (χ4n) is 4.46. The lowest BCUT2D eigenvalue weighted by atomic mass is 10.1. The number of fused-ring (bicyclic) bond motifs is 1. The number of ether oxygens (including phenoxy) is 2. The highest BCUT2D eigenvalue weighted by Gasteiger charge is 2.35. The Labute approximate surface area is 240 Å². The van der Waals surface area contributed by atoms with Crippen molar-refractivity contribution in [3.8, 4) is 5.75 Å². The summed E-state index contributed by atoms with van der Waals surface area (Å²) in [5.41, 5.74) is 0.837. The largest absolute Gasteiger partial charge is 0.491 e. The molecule has 0 radical (unpaired) electrons. The molecule has 0 fully saturated rings. The lowest BCUT2D eigenvalue weighted by Crippen LogP contribution is -2.43. The van der Waals surface area contributed by atoms with Crippen LogP contribution in [-0.2, 0) is 31.3 Å². The maximum atomic E-state index is 13.6. The third kappa shape index (κ3) is 7.84. The molecule has 1 unspecified atom stereocenters. The fourth-order valence-corrected chi connectivity index (χ4v) is 4.59. The van der Waals surface area contributed by atoms with Crippen LogP contribution in [0.25, 0.3) is 0 Å². The van der Waals surface area contributed by atoms with E-state index in [2.05, 4.69) is 5.32 Å². The number of nitrogens with one attached hydrogen (secondary N) is 1. The van der Waals surface area contributed by atoms with Gasteiger partial charge in [0.15, 0.2) is 0 Å². The van der Waals surface area contributed by atoms with Crippen molar-refractivity contribution in [1.29, 1.82) is 0 Å². The first-order valence-corrected chi connectivity index (χ1v) is 13.5. The number of likely N-dealkylation sites (N-methyl/N-ethyl adjacent to an activating group) is 1. The molecule has 0 saturated carbocycles. The number of alkyl halides is 3. The summed E-state index contributed by atoms with van der Waals surface area (Å²) in [7, 11) is 5.32. The summed E-state index contributed by atoms with van der Waals surface area (Å²) >= 11 is 6.05. The Kier molecular flexibility index (Phi) is 9.67. The average molecular weight is 596 g/mol. The monoisotopic (exact) mass is 595 g/mol. The van der Waals surface area contributed by atoms with Gasteiger partial charge in [0.2, 0.25) is 6.35 Å². The van der Waals surface area contributed by atoms with Crippen LogP contribution < -0.4 is 26.2 Å². The Morgan fingerprint density at radius 1 is 1.05 bits per heavy atom. The summed E-state index contributed by atoms with van der Waals surface area (Å²) in [6, 6.07) is 13.7. The van der Waals surface area contributed by atoms with E-state index in [1.165, 1.54) is 9.13 Å². The van der Waals surface area contributed by atoms with Gasteiger partial charge in [-0.15, -0.1) is 0 Å². The molecule has 1 N–H and O–H groups in total. The summed E-state index contributed by atoms with van der Waals surface area (Å²) < 4.78 is 52.2. The predicted molar refractivity (Wildman–Crippen MR) is 152 cm³/mol. The van der Waals surface area contributed by atoms with Gasteiger partial charge in [0.25, 0.3) is 5.56 Å². The molecule has 1 atom stereocenters. The van der Waals surface area contributed by atoms with Crippen LogP contribution in [0.15, 0.2) is 58.1 Å². The summed E-state index contributed by atoms with van der Waals surface area (Å²) in [4.78, 5) is 30.3. The van der Waals surface area contributed by atoms with Crippen LogP contribution in [0.5, 0.6) is 5.75 Å². The Bertz CT molecular complexity index is 1460. The Morgan fingerprint density at radius 3 is 2.46 bits per heavy atom. The van der Waals surface area contributed by atoms with Gasteiger partial charge in [0.05, 0.1) is 6.61 Å². The van der Waals surface area contributed by atoms with Crippen LogP contribution in [0.4, 0.5) is 24.7 Å². The zero-order valence-corrected chi connectivity index (χ0v) is 23.8. The zero-order chi connectivity index (χ0) is 29.7. The van der Waals surface area contributed by atoms with E-state index in [9.17, 15) is 22.8 Å². The zero-order valence-electron chi connectivity index (χ0n) is 23.1. The Morgan fingerprint density at radius 2 is 1.78 bits per heavy atom. The van der Waals surface area contributed by atoms with Crippen molar-refractivity contribution < 1.29 is 22.6 Å². The van der Waals surface area contributed by atoms with Crippen molar-refractivity contribution in [1.82, 2.24) is 14.0 Å². The molecule has 0 aliphatic carbocycles. The number of halogens is 4. The van der Waals surface area contributed by atoms with Gasteiger partial charge in [0, 0.05) is 38.1 Å². The maximum absolute atomic E-state index is 13.6. The van der Waals surface area contributed by atoms with Gasteiger partial charge >= 0.3 is 11.9 Å². The average Bonchev–Trinajstić information content (AvgIpc) is 3.28. The van der Waals surface area contributed by atoms with Crippen molar-refractivity contribution in [3.05, 3.63) is 85.5 Å². The third-order valence-corrected chi connectivity index (χ3v) is 6.87. The lowest BCUT2D eigenvalue weighted by Gasteiger charge is -2.26. The summed E-state index contributed by atoms with van der Waals surface area (Å²) in [6.07, 6.45) is -6.05. The second-order valence-corrected chi connectivity index (χ2v) is 10.5. The molecule has 41 heavy (non-hydrogen) atoms. The summed E-state index contributed by atoms with van der Waals surface area (Å²) in [5, 5.41) is 3.73. The van der Waals surface area contributed by atoms with E-state index < -0.39 is 30.2 Å². The quantitative estimate of drug-likeness (QED) is 0.316. The number of anilines is 2. The second-order valence-electron chi connectivity index (χ2n) is 10.0. The van der Waals surface area contributed by atoms with Gasteiger partial charge < -0.3 is 24.6 Å². The molecule has 2 heterocycles. The molecule has 1 aliphatic heterocycles. The first-order chi connectivity index (χ1) is 19.4. The molecule has 2 aromatic carbocycles. The highest BCUT2D eigenvalue weighted by atomic mass is 35.5. The summed E-state index contributed by atoms with van der Waals surface area (Å²) in [6.45, 7) is 1.23. The van der Waals surface area contributed by atoms with Crippen LogP contribution in [0.1, 0.15) is 17.5 Å². The smallest absolute Gasteiger partial charge is 0.389 e. The van der Waals surface area contributed by atoms with Crippen molar-refractivity contribution in [3.63, 3.8) is 0 Å². The number of hydrogen-bond acceptors (Lipinski definition) is 7. The van der Waals surface area contributed by atoms with Gasteiger partial charge in [0.1, 0.15) is 23.9 Å². The molecular formula is C28H33ClF3N5O4. The number of nitrogens with zero attached hydrogens (tertiary/aromatic N) is 4. The molecule has 0 amide bonds. The number of aromatic nitrogens is 2. The van der Waals surface area contributed by atoms with Crippen molar-refractivity contribution >= 4 is 23.1 Å². The van der Waals surface area contributed by atoms with Gasteiger partial charge in [-0.05, 0) is 55.9 Å². The van der Waals surface area contributed by atoms with E-state index in [1.54, 1.807) is 48.3 Å². The fraction of sp³-hybridized carbons (Fsp3) is 0.429. The van der Waals surface area contributed by atoms with Gasteiger partial charge in [-0.25, -0.2) is 4.79 Å². The van der Waals surface area contributed by atoms with Crippen LogP contribution in [0.3, 0.4) is 0 Å². The third-order valence-electron chi connectivity index (χ3n) is 6.62. The van der Waals surface area contributed by atoms with Crippen LogP contribution >= 0.6 is 11.6 Å². The molecule has 1 aliphatic rings.